The molecule has 1 amide bonds. The van der Waals surface area contributed by atoms with Gasteiger partial charge in [0.2, 0.25) is 5.91 Å². The number of hydrogen-bond acceptors (Lipinski definition) is 4. The molecule has 0 saturated carbocycles. The minimum Gasteiger partial charge on any atom is -0.356 e. The van der Waals surface area contributed by atoms with Gasteiger partial charge in [0.15, 0.2) is 0 Å². The van der Waals surface area contributed by atoms with Crippen molar-refractivity contribution >= 4 is 5.91 Å². The average molecular weight is 341 g/mol. The zero-order valence-corrected chi connectivity index (χ0v) is 14.9. The van der Waals surface area contributed by atoms with Gasteiger partial charge in [0.05, 0.1) is 18.3 Å². The Balaban J connectivity index is 1.36. The van der Waals surface area contributed by atoms with Crippen LogP contribution >= 0.6 is 0 Å². The third-order valence-electron chi connectivity index (χ3n) is 4.59. The van der Waals surface area contributed by atoms with Gasteiger partial charge in [0.1, 0.15) is 0 Å². The van der Waals surface area contributed by atoms with Crippen molar-refractivity contribution in [2.24, 2.45) is 0 Å². The summed E-state index contributed by atoms with van der Waals surface area (Å²) < 4.78 is 1.80. The maximum absolute atomic E-state index is 12.1. The van der Waals surface area contributed by atoms with Gasteiger partial charge >= 0.3 is 0 Å². The van der Waals surface area contributed by atoms with E-state index in [-0.39, 0.29) is 5.91 Å². The number of amides is 1. The minimum atomic E-state index is 0.0611. The Morgan fingerprint density at radius 3 is 2.68 bits per heavy atom. The molecule has 2 heterocycles. The minimum absolute atomic E-state index is 0.0611. The standard InChI is InChI=1S/C19H27N5O/c1-22-10-12-23(13-11-22)9-5-8-20-19(25)14-17-15-21-24(16-17)18-6-3-2-4-7-18/h2-4,6-7,15-16H,5,8-14H2,1H3,(H,20,25). The van der Waals surface area contributed by atoms with Crippen molar-refractivity contribution in [2.75, 3.05) is 46.3 Å². The summed E-state index contributed by atoms with van der Waals surface area (Å²) in [5.74, 6) is 0.0611. The van der Waals surface area contributed by atoms with Crippen LogP contribution in [-0.4, -0.2) is 71.8 Å². The number of hydrogen-bond donors (Lipinski definition) is 1. The Bertz CT molecular complexity index is 661. The van der Waals surface area contributed by atoms with Crippen LogP contribution in [0.1, 0.15) is 12.0 Å². The molecule has 1 fully saturated rings. The third-order valence-corrected chi connectivity index (χ3v) is 4.59. The fourth-order valence-electron chi connectivity index (χ4n) is 3.02. The summed E-state index contributed by atoms with van der Waals surface area (Å²) >= 11 is 0. The van der Waals surface area contributed by atoms with E-state index in [1.165, 1.54) is 0 Å². The smallest absolute Gasteiger partial charge is 0.224 e. The van der Waals surface area contributed by atoms with Gasteiger partial charge in [-0.2, -0.15) is 5.10 Å². The summed E-state index contributed by atoms with van der Waals surface area (Å²) in [4.78, 5) is 16.9. The summed E-state index contributed by atoms with van der Waals surface area (Å²) in [6.07, 6.45) is 5.05. The second-order valence-corrected chi connectivity index (χ2v) is 6.65. The van der Waals surface area contributed by atoms with Gasteiger partial charge in [-0.05, 0) is 37.7 Å². The van der Waals surface area contributed by atoms with Gasteiger partial charge in [-0.15, -0.1) is 0 Å². The molecule has 1 saturated heterocycles. The fourth-order valence-corrected chi connectivity index (χ4v) is 3.02. The van der Waals surface area contributed by atoms with E-state index in [4.69, 9.17) is 0 Å². The Morgan fingerprint density at radius 2 is 1.92 bits per heavy atom. The van der Waals surface area contributed by atoms with Crippen molar-refractivity contribution in [3.63, 3.8) is 0 Å². The molecule has 6 nitrogen and oxygen atoms in total. The molecule has 25 heavy (non-hydrogen) atoms. The van der Waals surface area contributed by atoms with Crippen molar-refractivity contribution < 1.29 is 4.79 Å². The summed E-state index contributed by atoms with van der Waals surface area (Å²) in [5, 5.41) is 7.34. The molecule has 0 atom stereocenters. The number of likely N-dealkylation sites (N-methyl/N-ethyl adjacent to an activating group) is 1. The molecule has 0 bridgehead atoms. The Morgan fingerprint density at radius 1 is 1.16 bits per heavy atom. The number of nitrogens with one attached hydrogen (secondary N) is 1. The molecule has 134 valence electrons. The zero-order valence-electron chi connectivity index (χ0n) is 14.9. The van der Waals surface area contributed by atoms with Gasteiger partial charge < -0.3 is 15.1 Å². The fraction of sp³-hybridized carbons (Fsp3) is 0.474. The normalized spacial score (nSPS) is 16.0. The number of para-hydroxylation sites is 1. The predicted octanol–water partition coefficient (Wildman–Crippen LogP) is 1.17. The first-order valence-corrected chi connectivity index (χ1v) is 8.97. The molecule has 0 aliphatic carbocycles. The van der Waals surface area contributed by atoms with Crippen LogP contribution in [0.3, 0.4) is 0 Å². The molecule has 0 radical (unpaired) electrons. The summed E-state index contributed by atoms with van der Waals surface area (Å²) in [6, 6.07) is 9.92. The summed E-state index contributed by atoms with van der Waals surface area (Å²) in [5.41, 5.74) is 1.93. The number of piperazine rings is 1. The van der Waals surface area contributed by atoms with Gasteiger partial charge in [-0.25, -0.2) is 4.68 Å². The lowest BCUT2D eigenvalue weighted by Crippen LogP contribution is -2.45. The van der Waals surface area contributed by atoms with E-state index >= 15 is 0 Å². The van der Waals surface area contributed by atoms with Gasteiger partial charge in [-0.3, -0.25) is 4.79 Å². The number of rotatable bonds is 7. The van der Waals surface area contributed by atoms with E-state index in [0.717, 1.165) is 56.9 Å². The van der Waals surface area contributed by atoms with E-state index in [0.29, 0.717) is 6.42 Å². The third kappa shape index (κ3) is 5.41. The predicted molar refractivity (Wildman–Crippen MR) is 98.8 cm³/mol. The van der Waals surface area contributed by atoms with Crippen LogP contribution in [0, 0.1) is 0 Å². The molecule has 1 aromatic carbocycles. The molecule has 1 aromatic heterocycles. The van der Waals surface area contributed by atoms with E-state index in [1.54, 1.807) is 10.9 Å². The lowest BCUT2D eigenvalue weighted by molar-refractivity contribution is -0.120. The highest BCUT2D eigenvalue weighted by Gasteiger charge is 2.13. The molecule has 1 aliphatic rings. The van der Waals surface area contributed by atoms with Crippen molar-refractivity contribution in [1.82, 2.24) is 24.9 Å². The van der Waals surface area contributed by atoms with Gasteiger partial charge in [0, 0.05) is 38.9 Å². The van der Waals surface area contributed by atoms with Crippen LogP contribution in [0.25, 0.3) is 5.69 Å². The highest BCUT2D eigenvalue weighted by Crippen LogP contribution is 2.08. The molecule has 6 heteroatoms. The Labute approximate surface area is 149 Å². The van der Waals surface area contributed by atoms with E-state index < -0.39 is 0 Å². The van der Waals surface area contributed by atoms with E-state index in [9.17, 15) is 4.79 Å². The second kappa shape index (κ2) is 8.78. The first-order chi connectivity index (χ1) is 12.2. The number of carbonyl (C=O) groups is 1. The van der Waals surface area contributed by atoms with Crippen LogP contribution in [0.2, 0.25) is 0 Å². The SMILES string of the molecule is CN1CCN(CCCNC(=O)Cc2cnn(-c3ccccc3)c2)CC1. The molecule has 1 aliphatic heterocycles. The van der Waals surface area contributed by atoms with Crippen LogP contribution in [0.5, 0.6) is 0 Å². The monoisotopic (exact) mass is 341 g/mol. The highest BCUT2D eigenvalue weighted by atomic mass is 16.1. The quantitative estimate of drug-likeness (QED) is 0.768. The molecule has 1 N–H and O–H groups in total. The largest absolute Gasteiger partial charge is 0.356 e. The Hall–Kier alpha value is -2.18. The summed E-state index contributed by atoms with van der Waals surface area (Å²) in [7, 11) is 2.16. The maximum atomic E-state index is 12.1. The van der Waals surface area contributed by atoms with Crippen LogP contribution in [0.15, 0.2) is 42.7 Å². The van der Waals surface area contributed by atoms with E-state index in [2.05, 4.69) is 27.3 Å². The van der Waals surface area contributed by atoms with Crippen LogP contribution in [-0.2, 0) is 11.2 Å². The lowest BCUT2D eigenvalue weighted by atomic mass is 10.2. The van der Waals surface area contributed by atoms with Crippen molar-refractivity contribution in [2.45, 2.75) is 12.8 Å². The first kappa shape index (κ1) is 17.6. The number of benzene rings is 1. The maximum Gasteiger partial charge on any atom is 0.224 e. The summed E-state index contributed by atoms with van der Waals surface area (Å²) in [6.45, 7) is 6.32. The molecule has 0 spiro atoms. The van der Waals surface area contributed by atoms with Gasteiger partial charge in [0.25, 0.3) is 0 Å². The second-order valence-electron chi connectivity index (χ2n) is 6.65. The van der Waals surface area contributed by atoms with Gasteiger partial charge in [-0.1, -0.05) is 18.2 Å². The van der Waals surface area contributed by atoms with Crippen LogP contribution < -0.4 is 5.32 Å². The number of aromatic nitrogens is 2. The molecule has 3 rings (SSSR count). The van der Waals surface area contributed by atoms with Crippen molar-refractivity contribution in [3.8, 4) is 5.69 Å². The average Bonchev–Trinajstić information content (AvgIpc) is 3.09. The zero-order chi connectivity index (χ0) is 17.5. The molecule has 0 unspecified atom stereocenters. The van der Waals surface area contributed by atoms with Crippen LogP contribution in [0.4, 0.5) is 0 Å². The Kier molecular flexibility index (Phi) is 6.19. The number of carbonyl (C=O) groups excluding carboxylic acids is 1. The topological polar surface area (TPSA) is 53.4 Å². The lowest BCUT2D eigenvalue weighted by Gasteiger charge is -2.32. The first-order valence-electron chi connectivity index (χ1n) is 8.97. The molecular formula is C19H27N5O. The molecule has 2 aromatic rings. The van der Waals surface area contributed by atoms with E-state index in [1.807, 2.05) is 36.5 Å². The number of nitrogens with zero attached hydrogens (tertiary/aromatic N) is 4. The molecular weight excluding hydrogens is 314 g/mol. The van der Waals surface area contributed by atoms with Crippen molar-refractivity contribution in [1.29, 1.82) is 0 Å². The van der Waals surface area contributed by atoms with Crippen molar-refractivity contribution in [3.05, 3.63) is 48.3 Å². The highest BCUT2D eigenvalue weighted by molar-refractivity contribution is 5.78.